The zero-order valence-electron chi connectivity index (χ0n) is 11.4. The Hall–Kier alpha value is -2.40. The van der Waals surface area contributed by atoms with Gasteiger partial charge >= 0.3 is 0 Å². The summed E-state index contributed by atoms with van der Waals surface area (Å²) < 4.78 is 3.33. The van der Waals surface area contributed by atoms with E-state index < -0.39 is 0 Å². The molecule has 0 atom stereocenters. The highest BCUT2D eigenvalue weighted by Crippen LogP contribution is 2.13. The molecule has 5 nitrogen and oxygen atoms in total. The van der Waals surface area contributed by atoms with Crippen molar-refractivity contribution in [3.8, 4) is 5.69 Å². The molecule has 0 saturated carbocycles. The Balaban J connectivity index is 1.97. The van der Waals surface area contributed by atoms with Crippen LogP contribution in [0.5, 0.6) is 0 Å². The number of hydrogen-bond donors (Lipinski definition) is 0. The minimum atomic E-state index is -0.0879. The van der Waals surface area contributed by atoms with E-state index in [-0.39, 0.29) is 5.43 Å². The van der Waals surface area contributed by atoms with Crippen molar-refractivity contribution in [1.82, 2.24) is 19.6 Å². The summed E-state index contributed by atoms with van der Waals surface area (Å²) in [5, 5.41) is 9.14. The molecule has 0 spiro atoms. The number of aromatic nitrogens is 4. The average molecular weight is 301 g/mol. The molecule has 0 aliphatic heterocycles. The second kappa shape index (κ2) is 5.54. The Morgan fingerprint density at radius 1 is 1.29 bits per heavy atom. The zero-order valence-corrected chi connectivity index (χ0v) is 12.2. The highest BCUT2D eigenvalue weighted by molar-refractivity contribution is 6.30. The lowest BCUT2D eigenvalue weighted by atomic mass is 10.1. The normalized spacial score (nSPS) is 10.8. The SMILES string of the molecule is Cn1cc(-n2ccc(=O)c(Cc3cccc(Cl)c3)n2)cn1. The van der Waals surface area contributed by atoms with E-state index >= 15 is 0 Å². The van der Waals surface area contributed by atoms with Crippen molar-refractivity contribution in [2.24, 2.45) is 7.05 Å². The van der Waals surface area contributed by atoms with E-state index in [1.54, 1.807) is 27.8 Å². The van der Waals surface area contributed by atoms with Crippen LogP contribution in [0.2, 0.25) is 5.02 Å². The summed E-state index contributed by atoms with van der Waals surface area (Å²) in [5.41, 5.74) is 2.15. The van der Waals surface area contributed by atoms with Crippen molar-refractivity contribution < 1.29 is 0 Å². The summed E-state index contributed by atoms with van der Waals surface area (Å²) >= 11 is 5.97. The summed E-state index contributed by atoms with van der Waals surface area (Å²) in [7, 11) is 1.83. The summed E-state index contributed by atoms with van der Waals surface area (Å²) in [5.74, 6) is 0. The maximum absolute atomic E-state index is 12.0. The Morgan fingerprint density at radius 3 is 2.86 bits per heavy atom. The summed E-state index contributed by atoms with van der Waals surface area (Å²) in [6, 6.07) is 8.94. The molecule has 3 rings (SSSR count). The molecule has 2 aromatic heterocycles. The highest BCUT2D eigenvalue weighted by atomic mass is 35.5. The molecule has 6 heteroatoms. The van der Waals surface area contributed by atoms with Crippen LogP contribution in [0, 0.1) is 0 Å². The summed E-state index contributed by atoms with van der Waals surface area (Å²) in [4.78, 5) is 12.0. The van der Waals surface area contributed by atoms with Crippen LogP contribution in [0.4, 0.5) is 0 Å². The van der Waals surface area contributed by atoms with Gasteiger partial charge in [0.2, 0.25) is 5.43 Å². The molecule has 3 aromatic rings. The summed E-state index contributed by atoms with van der Waals surface area (Å²) in [6.45, 7) is 0. The monoisotopic (exact) mass is 300 g/mol. The molecular formula is C15H13ClN4O. The van der Waals surface area contributed by atoms with E-state index in [4.69, 9.17) is 11.6 Å². The Bertz CT molecular complexity index is 837. The highest BCUT2D eigenvalue weighted by Gasteiger charge is 2.06. The lowest BCUT2D eigenvalue weighted by Crippen LogP contribution is -2.16. The van der Waals surface area contributed by atoms with Crippen LogP contribution in [0.25, 0.3) is 5.69 Å². The minimum absolute atomic E-state index is 0.0879. The van der Waals surface area contributed by atoms with Crippen LogP contribution >= 0.6 is 11.6 Å². The first kappa shape index (κ1) is 13.6. The molecule has 0 fully saturated rings. The molecule has 21 heavy (non-hydrogen) atoms. The van der Waals surface area contributed by atoms with E-state index in [0.29, 0.717) is 17.1 Å². The van der Waals surface area contributed by atoms with Gasteiger partial charge in [-0.3, -0.25) is 9.48 Å². The van der Waals surface area contributed by atoms with Gasteiger partial charge in [-0.2, -0.15) is 10.2 Å². The van der Waals surface area contributed by atoms with E-state index in [2.05, 4.69) is 10.2 Å². The minimum Gasteiger partial charge on any atom is -0.288 e. The topological polar surface area (TPSA) is 52.7 Å². The van der Waals surface area contributed by atoms with Gasteiger partial charge in [-0.15, -0.1) is 0 Å². The molecule has 0 saturated heterocycles. The number of rotatable bonds is 3. The van der Waals surface area contributed by atoms with E-state index in [1.165, 1.54) is 6.07 Å². The van der Waals surface area contributed by atoms with E-state index in [1.807, 2.05) is 31.4 Å². The largest absolute Gasteiger partial charge is 0.288 e. The molecule has 0 aliphatic rings. The molecular weight excluding hydrogens is 288 g/mol. The van der Waals surface area contributed by atoms with Crippen molar-refractivity contribution in [2.45, 2.75) is 6.42 Å². The first-order valence-electron chi connectivity index (χ1n) is 6.44. The smallest absolute Gasteiger partial charge is 0.203 e. The standard InChI is InChI=1S/C15H13ClN4O/c1-19-10-13(9-17-19)20-6-5-15(21)14(18-20)8-11-3-2-4-12(16)7-11/h2-7,9-10H,8H2,1H3. The number of hydrogen-bond acceptors (Lipinski definition) is 3. The van der Waals surface area contributed by atoms with Crippen LogP contribution in [0.3, 0.4) is 0 Å². The van der Waals surface area contributed by atoms with Gasteiger partial charge in [-0.1, -0.05) is 23.7 Å². The first-order valence-corrected chi connectivity index (χ1v) is 6.82. The fourth-order valence-electron chi connectivity index (χ4n) is 2.08. The maximum atomic E-state index is 12.0. The van der Waals surface area contributed by atoms with Crippen molar-refractivity contribution >= 4 is 11.6 Å². The molecule has 0 unspecified atom stereocenters. The third-order valence-corrected chi connectivity index (χ3v) is 3.33. The predicted molar refractivity (Wildman–Crippen MR) is 80.9 cm³/mol. The molecule has 0 bridgehead atoms. The quantitative estimate of drug-likeness (QED) is 0.745. The van der Waals surface area contributed by atoms with E-state index in [0.717, 1.165) is 11.3 Å². The molecule has 106 valence electrons. The molecule has 0 N–H and O–H groups in total. The van der Waals surface area contributed by atoms with Gasteiger partial charge in [-0.05, 0) is 17.7 Å². The summed E-state index contributed by atoms with van der Waals surface area (Å²) in [6.07, 6.45) is 5.61. The third-order valence-electron chi connectivity index (χ3n) is 3.10. The second-order valence-electron chi connectivity index (χ2n) is 4.75. The lowest BCUT2D eigenvalue weighted by molar-refractivity contribution is 0.762. The van der Waals surface area contributed by atoms with Gasteiger partial charge in [0.25, 0.3) is 0 Å². The number of benzene rings is 1. The van der Waals surface area contributed by atoms with Crippen LogP contribution in [0.15, 0.2) is 53.7 Å². The van der Waals surface area contributed by atoms with Gasteiger partial charge in [0, 0.05) is 30.8 Å². The third kappa shape index (κ3) is 3.03. The fraction of sp³-hybridized carbons (Fsp3) is 0.133. The van der Waals surface area contributed by atoms with Crippen LogP contribution < -0.4 is 5.43 Å². The average Bonchev–Trinajstić information content (AvgIpc) is 2.88. The molecule has 0 aliphatic carbocycles. The predicted octanol–water partition coefficient (Wildman–Crippen LogP) is 2.21. The Morgan fingerprint density at radius 2 is 2.14 bits per heavy atom. The molecule has 1 aromatic carbocycles. The molecule has 0 radical (unpaired) electrons. The Labute approximate surface area is 126 Å². The molecule has 0 amide bonds. The Kier molecular flexibility index (Phi) is 3.58. The fourth-order valence-corrected chi connectivity index (χ4v) is 2.29. The van der Waals surface area contributed by atoms with Crippen molar-refractivity contribution in [1.29, 1.82) is 0 Å². The van der Waals surface area contributed by atoms with Crippen molar-refractivity contribution in [3.63, 3.8) is 0 Å². The number of halogens is 1. The van der Waals surface area contributed by atoms with Gasteiger partial charge < -0.3 is 0 Å². The van der Waals surface area contributed by atoms with Gasteiger partial charge in [0.1, 0.15) is 11.4 Å². The first-order chi connectivity index (χ1) is 10.1. The van der Waals surface area contributed by atoms with Gasteiger partial charge in [0.15, 0.2) is 0 Å². The van der Waals surface area contributed by atoms with Crippen LogP contribution in [0.1, 0.15) is 11.3 Å². The zero-order chi connectivity index (χ0) is 14.8. The van der Waals surface area contributed by atoms with Gasteiger partial charge in [0.05, 0.1) is 12.4 Å². The van der Waals surface area contributed by atoms with Crippen LogP contribution in [-0.2, 0) is 13.5 Å². The maximum Gasteiger partial charge on any atom is 0.203 e. The van der Waals surface area contributed by atoms with E-state index in [9.17, 15) is 4.79 Å². The van der Waals surface area contributed by atoms with Crippen molar-refractivity contribution in [2.75, 3.05) is 0 Å². The lowest BCUT2D eigenvalue weighted by Gasteiger charge is -2.05. The van der Waals surface area contributed by atoms with Crippen molar-refractivity contribution in [3.05, 3.63) is 75.4 Å². The molecule has 2 heterocycles. The van der Waals surface area contributed by atoms with Crippen LogP contribution in [-0.4, -0.2) is 19.6 Å². The number of aryl methyl sites for hydroxylation is 1. The second-order valence-corrected chi connectivity index (χ2v) is 5.19. The van der Waals surface area contributed by atoms with Gasteiger partial charge in [-0.25, -0.2) is 4.68 Å². The number of nitrogens with zero attached hydrogens (tertiary/aromatic N) is 4.